The molecule has 0 saturated heterocycles. The summed E-state index contributed by atoms with van der Waals surface area (Å²) in [7, 11) is 1.89. The second-order valence-electron chi connectivity index (χ2n) is 2.77. The van der Waals surface area contributed by atoms with Crippen LogP contribution < -0.4 is 5.56 Å². The van der Waals surface area contributed by atoms with Crippen molar-refractivity contribution in [3.05, 3.63) is 33.5 Å². The van der Waals surface area contributed by atoms with E-state index in [0.29, 0.717) is 9.50 Å². The van der Waals surface area contributed by atoms with Gasteiger partial charge in [0.15, 0.2) is 5.16 Å². The highest BCUT2D eigenvalue weighted by molar-refractivity contribution is 9.10. The number of hydrogen-bond donors (Lipinski definition) is 1. The fraction of sp³-hybridized carbons (Fsp3) is 0.125. The van der Waals surface area contributed by atoms with Crippen LogP contribution in [0, 0.1) is 0 Å². The Hall–Kier alpha value is -1.08. The Morgan fingerprint density at radius 2 is 2.33 bits per heavy atom. The van der Waals surface area contributed by atoms with Gasteiger partial charge in [0.1, 0.15) is 9.50 Å². The number of nitrogens with zero attached hydrogens (tertiary/aromatic N) is 3. The second kappa shape index (κ2) is 4.19. The van der Waals surface area contributed by atoms with Gasteiger partial charge in [-0.3, -0.25) is 4.79 Å². The molecule has 0 fully saturated rings. The lowest BCUT2D eigenvalue weighted by atomic mass is 10.7. The van der Waals surface area contributed by atoms with Gasteiger partial charge in [-0.25, -0.2) is 9.97 Å². The number of hydrogen-bond acceptors (Lipinski definition) is 4. The zero-order valence-corrected chi connectivity index (χ0v) is 10.2. The molecule has 2 aromatic heterocycles. The molecule has 0 aliphatic rings. The van der Waals surface area contributed by atoms with Crippen molar-refractivity contribution in [2.24, 2.45) is 7.05 Å². The summed E-state index contributed by atoms with van der Waals surface area (Å²) in [6, 6.07) is 0. The van der Waals surface area contributed by atoms with E-state index in [9.17, 15) is 4.79 Å². The predicted octanol–water partition coefficient (Wildman–Crippen LogP) is 1.42. The van der Waals surface area contributed by atoms with E-state index in [2.05, 4.69) is 30.9 Å². The molecule has 2 heterocycles. The summed E-state index contributed by atoms with van der Waals surface area (Å²) in [5.74, 6) is 0. The summed E-state index contributed by atoms with van der Waals surface area (Å²) in [6.07, 6.45) is 4.91. The lowest BCUT2D eigenvalue weighted by Gasteiger charge is -2.01. The smallest absolute Gasteiger partial charge is 0.266 e. The van der Waals surface area contributed by atoms with Crippen LogP contribution in [0.25, 0.3) is 0 Å². The maximum Gasteiger partial charge on any atom is 0.266 e. The lowest BCUT2D eigenvalue weighted by molar-refractivity contribution is 0.787. The Labute approximate surface area is 98.1 Å². The first-order valence-electron chi connectivity index (χ1n) is 4.07. The third kappa shape index (κ3) is 2.13. The molecule has 7 heteroatoms. The van der Waals surface area contributed by atoms with E-state index in [1.54, 1.807) is 6.20 Å². The van der Waals surface area contributed by atoms with Gasteiger partial charge < -0.3 is 9.55 Å². The Morgan fingerprint density at radius 1 is 1.53 bits per heavy atom. The number of H-pyrrole nitrogens is 1. The van der Waals surface area contributed by atoms with Crippen LogP contribution in [0.15, 0.2) is 38.2 Å². The Morgan fingerprint density at radius 3 is 3.00 bits per heavy atom. The van der Waals surface area contributed by atoms with Gasteiger partial charge in [-0.1, -0.05) is 0 Å². The van der Waals surface area contributed by atoms with E-state index in [-0.39, 0.29) is 5.56 Å². The van der Waals surface area contributed by atoms with Crippen molar-refractivity contribution >= 4 is 27.7 Å². The summed E-state index contributed by atoms with van der Waals surface area (Å²) >= 11 is 4.52. The Kier molecular flexibility index (Phi) is 2.92. The molecule has 0 aromatic carbocycles. The van der Waals surface area contributed by atoms with Crippen LogP contribution in [0.3, 0.4) is 0 Å². The number of aromatic nitrogens is 4. The molecule has 0 amide bonds. The SMILES string of the molecule is Cn1ccnc1Sc1nc[nH]c(=O)c1Br. The summed E-state index contributed by atoms with van der Waals surface area (Å²) in [6.45, 7) is 0. The molecule has 0 aliphatic carbocycles. The van der Waals surface area contributed by atoms with Gasteiger partial charge in [-0.05, 0) is 27.7 Å². The van der Waals surface area contributed by atoms with Crippen molar-refractivity contribution in [3.8, 4) is 0 Å². The van der Waals surface area contributed by atoms with Crippen molar-refractivity contribution in [2.45, 2.75) is 10.2 Å². The number of rotatable bonds is 2. The van der Waals surface area contributed by atoms with Crippen molar-refractivity contribution in [1.82, 2.24) is 19.5 Å². The monoisotopic (exact) mass is 286 g/mol. The van der Waals surface area contributed by atoms with Crippen molar-refractivity contribution in [3.63, 3.8) is 0 Å². The molecule has 0 bridgehead atoms. The van der Waals surface area contributed by atoms with E-state index >= 15 is 0 Å². The van der Waals surface area contributed by atoms with Crippen molar-refractivity contribution in [2.75, 3.05) is 0 Å². The zero-order chi connectivity index (χ0) is 10.8. The third-order valence-electron chi connectivity index (χ3n) is 1.73. The maximum atomic E-state index is 11.3. The lowest BCUT2D eigenvalue weighted by Crippen LogP contribution is -2.08. The van der Waals surface area contributed by atoms with Gasteiger partial charge in [-0.15, -0.1) is 0 Å². The van der Waals surface area contributed by atoms with E-state index in [4.69, 9.17) is 0 Å². The van der Waals surface area contributed by atoms with Crippen LogP contribution in [0.1, 0.15) is 0 Å². The van der Waals surface area contributed by atoms with Crippen LogP contribution in [0.2, 0.25) is 0 Å². The molecule has 0 radical (unpaired) electrons. The minimum absolute atomic E-state index is 0.193. The first-order chi connectivity index (χ1) is 7.18. The van der Waals surface area contributed by atoms with Gasteiger partial charge in [0.2, 0.25) is 0 Å². The molecule has 1 N–H and O–H groups in total. The summed E-state index contributed by atoms with van der Waals surface area (Å²) in [5.41, 5.74) is -0.193. The fourth-order valence-corrected chi connectivity index (χ4v) is 2.21. The zero-order valence-electron chi connectivity index (χ0n) is 7.77. The molecule has 5 nitrogen and oxygen atoms in total. The van der Waals surface area contributed by atoms with E-state index < -0.39 is 0 Å². The van der Waals surface area contributed by atoms with Crippen LogP contribution in [-0.2, 0) is 7.05 Å². The molecular weight excluding hydrogens is 280 g/mol. The molecule has 15 heavy (non-hydrogen) atoms. The van der Waals surface area contributed by atoms with Gasteiger partial charge in [0, 0.05) is 19.4 Å². The number of aromatic amines is 1. The first kappa shape index (κ1) is 10.4. The van der Waals surface area contributed by atoms with E-state index in [1.165, 1.54) is 18.1 Å². The molecule has 0 aliphatic heterocycles. The quantitative estimate of drug-likeness (QED) is 0.848. The van der Waals surface area contributed by atoms with Gasteiger partial charge >= 0.3 is 0 Å². The minimum Gasteiger partial charge on any atom is -0.329 e. The summed E-state index contributed by atoms with van der Waals surface area (Å²) in [4.78, 5) is 21.9. The highest BCUT2D eigenvalue weighted by atomic mass is 79.9. The average Bonchev–Trinajstić information content (AvgIpc) is 2.60. The Bertz CT molecular complexity index is 535. The number of nitrogens with one attached hydrogen (secondary N) is 1. The highest BCUT2D eigenvalue weighted by Gasteiger charge is 2.09. The largest absolute Gasteiger partial charge is 0.329 e. The normalized spacial score (nSPS) is 10.5. The number of halogens is 1. The van der Waals surface area contributed by atoms with Crippen LogP contribution in [-0.4, -0.2) is 19.5 Å². The molecule has 2 rings (SSSR count). The standard InChI is InChI=1S/C8H7BrN4OS/c1-13-3-2-10-8(13)15-7-5(9)6(14)11-4-12-7/h2-4H,1H3,(H,11,12,14). The van der Waals surface area contributed by atoms with E-state index in [0.717, 1.165) is 5.16 Å². The third-order valence-corrected chi connectivity index (χ3v) is 3.81. The Balaban J connectivity index is 2.37. The number of imidazole rings is 1. The summed E-state index contributed by atoms with van der Waals surface area (Å²) in [5, 5.41) is 1.39. The van der Waals surface area contributed by atoms with Crippen LogP contribution >= 0.6 is 27.7 Å². The van der Waals surface area contributed by atoms with Gasteiger partial charge in [0.25, 0.3) is 5.56 Å². The highest BCUT2D eigenvalue weighted by Crippen LogP contribution is 2.27. The van der Waals surface area contributed by atoms with Crippen LogP contribution in [0.5, 0.6) is 0 Å². The second-order valence-corrected chi connectivity index (χ2v) is 4.52. The number of aryl methyl sites for hydroxylation is 1. The van der Waals surface area contributed by atoms with E-state index in [1.807, 2.05) is 17.8 Å². The molecule has 0 saturated carbocycles. The van der Waals surface area contributed by atoms with Crippen molar-refractivity contribution < 1.29 is 0 Å². The first-order valence-corrected chi connectivity index (χ1v) is 5.68. The molecule has 2 aromatic rings. The average molecular weight is 287 g/mol. The molecule has 0 spiro atoms. The molecule has 0 atom stereocenters. The fourth-order valence-electron chi connectivity index (χ4n) is 0.975. The molecule has 0 unspecified atom stereocenters. The van der Waals surface area contributed by atoms with Gasteiger partial charge in [0.05, 0.1) is 6.33 Å². The predicted molar refractivity (Wildman–Crippen MR) is 59.9 cm³/mol. The van der Waals surface area contributed by atoms with Crippen LogP contribution in [0.4, 0.5) is 0 Å². The summed E-state index contributed by atoms with van der Waals surface area (Å²) < 4.78 is 2.29. The maximum absolute atomic E-state index is 11.3. The van der Waals surface area contributed by atoms with Gasteiger partial charge in [-0.2, -0.15) is 0 Å². The minimum atomic E-state index is -0.193. The van der Waals surface area contributed by atoms with Crippen molar-refractivity contribution in [1.29, 1.82) is 0 Å². The molecule has 78 valence electrons. The molecular formula is C8H7BrN4OS. The topological polar surface area (TPSA) is 63.6 Å².